The number of benzene rings is 2. The predicted molar refractivity (Wildman–Crippen MR) is 110 cm³/mol. The zero-order valence-corrected chi connectivity index (χ0v) is 16.6. The van der Waals surface area contributed by atoms with Gasteiger partial charge in [-0.25, -0.2) is 4.68 Å². The molecule has 31 heavy (non-hydrogen) atoms. The van der Waals surface area contributed by atoms with E-state index in [-0.39, 0.29) is 23.4 Å². The van der Waals surface area contributed by atoms with Gasteiger partial charge in [-0.15, -0.1) is 0 Å². The molecule has 2 heterocycles. The maximum Gasteiger partial charge on any atom is 0.416 e. The highest BCUT2D eigenvalue weighted by atomic mass is 19.4. The molecule has 0 bridgehead atoms. The number of anilines is 1. The summed E-state index contributed by atoms with van der Waals surface area (Å²) in [5.74, 6) is 0. The number of alkyl halides is 3. The first-order valence-corrected chi connectivity index (χ1v) is 9.54. The van der Waals surface area contributed by atoms with Gasteiger partial charge in [0.15, 0.2) is 0 Å². The van der Waals surface area contributed by atoms with Crippen LogP contribution in [0.3, 0.4) is 0 Å². The number of rotatable bonds is 5. The van der Waals surface area contributed by atoms with E-state index in [2.05, 4.69) is 10.2 Å². The van der Waals surface area contributed by atoms with E-state index >= 15 is 0 Å². The summed E-state index contributed by atoms with van der Waals surface area (Å²) in [4.78, 5) is 13.1. The lowest BCUT2D eigenvalue weighted by Gasteiger charge is -2.24. The minimum atomic E-state index is -4.49. The van der Waals surface area contributed by atoms with Gasteiger partial charge in [0, 0.05) is 31.5 Å². The molecule has 1 aromatic heterocycles. The van der Waals surface area contributed by atoms with Gasteiger partial charge in [-0.05, 0) is 30.3 Å². The fraction of sp³-hybridized carbons (Fsp3) is 0.227. The van der Waals surface area contributed by atoms with Crippen molar-refractivity contribution in [1.29, 1.82) is 0 Å². The molecular formula is C22H19F3N4O2. The van der Waals surface area contributed by atoms with E-state index in [0.29, 0.717) is 12.0 Å². The van der Waals surface area contributed by atoms with Crippen molar-refractivity contribution >= 4 is 11.9 Å². The maximum absolute atomic E-state index is 13.2. The molecule has 1 atom stereocenters. The molecule has 4 rings (SSSR count). The quantitative estimate of drug-likeness (QED) is 0.607. The Labute approximate surface area is 176 Å². The SMILES string of the molecule is COCc1cn(-c2cccc(C(F)(F)F)c2)nc(C2CC=NN2c2ccccc2)c1=O. The van der Waals surface area contributed by atoms with Gasteiger partial charge in [0.2, 0.25) is 5.43 Å². The third-order valence-electron chi connectivity index (χ3n) is 4.92. The number of aromatic nitrogens is 2. The Morgan fingerprint density at radius 3 is 2.55 bits per heavy atom. The summed E-state index contributed by atoms with van der Waals surface area (Å²) in [6, 6.07) is 13.6. The molecule has 0 aliphatic carbocycles. The molecule has 3 aromatic rings. The van der Waals surface area contributed by atoms with Crippen LogP contribution in [0.2, 0.25) is 0 Å². The van der Waals surface area contributed by atoms with Gasteiger partial charge >= 0.3 is 6.18 Å². The highest BCUT2D eigenvalue weighted by Gasteiger charge is 2.32. The zero-order chi connectivity index (χ0) is 22.0. The van der Waals surface area contributed by atoms with Crippen LogP contribution in [0, 0.1) is 0 Å². The lowest BCUT2D eigenvalue weighted by Crippen LogP contribution is -2.30. The number of halogens is 3. The van der Waals surface area contributed by atoms with Gasteiger partial charge in [0.1, 0.15) is 11.7 Å². The minimum absolute atomic E-state index is 0.00618. The Morgan fingerprint density at radius 2 is 1.84 bits per heavy atom. The fourth-order valence-corrected chi connectivity index (χ4v) is 3.46. The molecule has 0 N–H and O–H groups in total. The number of hydrazone groups is 1. The largest absolute Gasteiger partial charge is 0.416 e. The molecule has 1 unspecified atom stereocenters. The summed E-state index contributed by atoms with van der Waals surface area (Å²) in [6.07, 6.45) is -0.948. The third kappa shape index (κ3) is 4.22. The smallest absolute Gasteiger partial charge is 0.380 e. The average Bonchev–Trinajstić information content (AvgIpc) is 3.25. The Bertz CT molecular complexity index is 1160. The number of hydrogen-bond donors (Lipinski definition) is 0. The van der Waals surface area contributed by atoms with Crippen molar-refractivity contribution in [2.24, 2.45) is 5.10 Å². The molecule has 0 fully saturated rings. The molecule has 2 aromatic carbocycles. The van der Waals surface area contributed by atoms with Gasteiger partial charge in [-0.2, -0.15) is 23.4 Å². The van der Waals surface area contributed by atoms with E-state index in [1.165, 1.54) is 30.1 Å². The Morgan fingerprint density at radius 1 is 1.10 bits per heavy atom. The van der Waals surface area contributed by atoms with Crippen LogP contribution >= 0.6 is 0 Å². The topological polar surface area (TPSA) is 59.7 Å². The molecule has 9 heteroatoms. The summed E-state index contributed by atoms with van der Waals surface area (Å²) in [6.45, 7) is 0.00618. The van der Waals surface area contributed by atoms with Crippen LogP contribution in [0.25, 0.3) is 5.69 Å². The average molecular weight is 428 g/mol. The normalized spacial score (nSPS) is 16.1. The first kappa shape index (κ1) is 20.8. The second-order valence-electron chi connectivity index (χ2n) is 7.02. The molecule has 0 spiro atoms. The van der Waals surface area contributed by atoms with Crippen molar-refractivity contribution < 1.29 is 17.9 Å². The molecular weight excluding hydrogens is 409 g/mol. The lowest BCUT2D eigenvalue weighted by molar-refractivity contribution is -0.137. The van der Waals surface area contributed by atoms with Crippen LogP contribution in [0.15, 0.2) is 70.7 Å². The minimum Gasteiger partial charge on any atom is -0.380 e. The molecule has 0 amide bonds. The summed E-state index contributed by atoms with van der Waals surface area (Å²) in [5, 5.41) is 10.5. The molecule has 0 saturated carbocycles. The van der Waals surface area contributed by atoms with E-state index in [1.807, 2.05) is 30.3 Å². The Balaban J connectivity index is 1.82. The van der Waals surface area contributed by atoms with Crippen molar-refractivity contribution in [3.05, 3.63) is 87.8 Å². The van der Waals surface area contributed by atoms with E-state index in [1.54, 1.807) is 11.2 Å². The first-order chi connectivity index (χ1) is 14.9. The van der Waals surface area contributed by atoms with Crippen LogP contribution in [0.4, 0.5) is 18.9 Å². The van der Waals surface area contributed by atoms with E-state index < -0.39 is 17.8 Å². The van der Waals surface area contributed by atoms with E-state index in [0.717, 1.165) is 17.8 Å². The number of ether oxygens (including phenoxy) is 1. The highest BCUT2D eigenvalue weighted by molar-refractivity contribution is 5.67. The second kappa shape index (κ2) is 8.35. The summed E-state index contributed by atoms with van der Waals surface area (Å²) >= 11 is 0. The number of para-hydroxylation sites is 1. The van der Waals surface area contributed by atoms with E-state index in [4.69, 9.17) is 4.74 Å². The number of hydrogen-bond acceptors (Lipinski definition) is 5. The third-order valence-corrected chi connectivity index (χ3v) is 4.92. The van der Waals surface area contributed by atoms with Crippen molar-refractivity contribution in [3.63, 3.8) is 0 Å². The monoisotopic (exact) mass is 428 g/mol. The van der Waals surface area contributed by atoms with Gasteiger partial charge < -0.3 is 4.74 Å². The van der Waals surface area contributed by atoms with Gasteiger partial charge in [0.25, 0.3) is 0 Å². The maximum atomic E-state index is 13.2. The van der Waals surface area contributed by atoms with Crippen LogP contribution < -0.4 is 10.4 Å². The molecule has 1 aliphatic rings. The highest BCUT2D eigenvalue weighted by Crippen LogP contribution is 2.32. The standard InChI is InChI=1S/C22H19F3N4O2/c1-31-14-15-13-28(18-9-5-6-16(12-18)22(23,24)25)27-20(21(15)30)19-10-11-26-29(19)17-7-3-2-4-8-17/h2-9,11-13,19H,10,14H2,1H3. The van der Waals surface area contributed by atoms with Gasteiger partial charge in [-0.1, -0.05) is 24.3 Å². The molecule has 1 aliphatic heterocycles. The Hall–Kier alpha value is -3.46. The van der Waals surface area contributed by atoms with Gasteiger partial charge in [-0.3, -0.25) is 9.80 Å². The van der Waals surface area contributed by atoms with Gasteiger partial charge in [0.05, 0.1) is 23.5 Å². The molecule has 6 nitrogen and oxygen atoms in total. The molecule has 160 valence electrons. The van der Waals surface area contributed by atoms with Crippen molar-refractivity contribution in [3.8, 4) is 5.69 Å². The van der Waals surface area contributed by atoms with E-state index in [9.17, 15) is 18.0 Å². The van der Waals surface area contributed by atoms with Crippen LogP contribution in [0.5, 0.6) is 0 Å². The zero-order valence-electron chi connectivity index (χ0n) is 16.6. The Kier molecular flexibility index (Phi) is 5.60. The van der Waals surface area contributed by atoms with Crippen LogP contribution in [0.1, 0.15) is 29.3 Å². The fourth-order valence-electron chi connectivity index (χ4n) is 3.46. The molecule has 0 saturated heterocycles. The molecule has 0 radical (unpaired) electrons. The summed E-state index contributed by atoms with van der Waals surface area (Å²) < 4.78 is 46.0. The van der Waals surface area contributed by atoms with Crippen LogP contribution in [-0.2, 0) is 17.5 Å². The number of nitrogens with zero attached hydrogens (tertiary/aromatic N) is 4. The first-order valence-electron chi connectivity index (χ1n) is 9.54. The number of methoxy groups -OCH3 is 1. The lowest BCUT2D eigenvalue weighted by atomic mass is 10.1. The second-order valence-corrected chi connectivity index (χ2v) is 7.02. The van der Waals surface area contributed by atoms with Crippen molar-refractivity contribution in [1.82, 2.24) is 9.78 Å². The van der Waals surface area contributed by atoms with Crippen molar-refractivity contribution in [2.45, 2.75) is 25.2 Å². The van der Waals surface area contributed by atoms with Crippen LogP contribution in [-0.4, -0.2) is 23.1 Å². The summed E-state index contributed by atoms with van der Waals surface area (Å²) in [5.41, 5.74) is 0.346. The van der Waals surface area contributed by atoms with Crippen molar-refractivity contribution in [2.75, 3.05) is 12.1 Å². The predicted octanol–water partition coefficient (Wildman–Crippen LogP) is 4.33. The summed E-state index contributed by atoms with van der Waals surface area (Å²) in [7, 11) is 1.45.